The van der Waals surface area contributed by atoms with Crippen LogP contribution in [0.4, 0.5) is 0 Å². The number of methoxy groups -OCH3 is 2. The Morgan fingerprint density at radius 3 is 2.72 bits per heavy atom. The lowest BCUT2D eigenvalue weighted by molar-refractivity contribution is 0.356. The maximum absolute atomic E-state index is 5.55. The Morgan fingerprint density at radius 1 is 1.04 bits per heavy atom. The van der Waals surface area contributed by atoms with E-state index in [0.29, 0.717) is 18.0 Å². The van der Waals surface area contributed by atoms with E-state index in [9.17, 15) is 0 Å². The second-order valence-electron chi connectivity index (χ2n) is 5.50. The second kappa shape index (κ2) is 6.57. The van der Waals surface area contributed by atoms with Gasteiger partial charge in [0.05, 0.1) is 36.5 Å². The number of ether oxygens (including phenoxy) is 2. The molecule has 2 aromatic carbocycles. The Hall–Kier alpha value is -2.86. The molecule has 0 aliphatic carbocycles. The number of fused-ring (bicyclic) bond motifs is 1. The molecule has 0 saturated carbocycles. The van der Waals surface area contributed by atoms with Crippen LogP contribution in [0.25, 0.3) is 21.6 Å². The number of thiazole rings is 1. The van der Waals surface area contributed by atoms with Crippen LogP contribution in [0.2, 0.25) is 0 Å². The number of benzene rings is 2. The van der Waals surface area contributed by atoms with Gasteiger partial charge in [-0.1, -0.05) is 18.2 Å². The maximum Gasteiger partial charge on any atom is 0.171 e. The van der Waals surface area contributed by atoms with Crippen LogP contribution in [0.15, 0.2) is 54.9 Å². The average Bonchev–Trinajstić information content (AvgIpc) is 3.27. The van der Waals surface area contributed by atoms with Crippen molar-refractivity contribution in [1.29, 1.82) is 0 Å². The lowest BCUT2D eigenvalue weighted by Gasteiger charge is -2.13. The van der Waals surface area contributed by atoms with E-state index in [1.807, 2.05) is 42.6 Å². The highest BCUT2D eigenvalue weighted by molar-refractivity contribution is 7.18. The molecular weight excluding hydrogens is 334 g/mol. The summed E-state index contributed by atoms with van der Waals surface area (Å²) in [6.07, 6.45) is 3.75. The zero-order chi connectivity index (χ0) is 17.2. The fourth-order valence-electron chi connectivity index (χ4n) is 2.88. The van der Waals surface area contributed by atoms with Gasteiger partial charge in [0.2, 0.25) is 0 Å². The lowest BCUT2D eigenvalue weighted by atomic mass is 10.1. The number of nitrogens with zero attached hydrogens (tertiary/aromatic N) is 3. The van der Waals surface area contributed by atoms with Gasteiger partial charge in [-0.2, -0.15) is 0 Å². The normalized spacial score (nSPS) is 11.0. The topological polar surface area (TPSA) is 49.2 Å². The molecule has 0 radical (unpaired) electrons. The third kappa shape index (κ3) is 2.85. The highest BCUT2D eigenvalue weighted by Crippen LogP contribution is 2.37. The molecule has 0 amide bonds. The highest BCUT2D eigenvalue weighted by atomic mass is 32.1. The molecule has 0 aliphatic rings. The number of imidazole rings is 1. The molecular formula is C19H17N3O2S. The number of para-hydroxylation sites is 2. The minimum atomic E-state index is 0.662. The Balaban J connectivity index is 1.74. The summed E-state index contributed by atoms with van der Waals surface area (Å²) in [6.45, 7) is 0.662. The largest absolute Gasteiger partial charge is 0.493 e. The first-order valence-corrected chi connectivity index (χ1v) is 8.68. The van der Waals surface area contributed by atoms with Crippen LogP contribution in [0.3, 0.4) is 0 Å². The van der Waals surface area contributed by atoms with Gasteiger partial charge in [-0.15, -0.1) is 11.3 Å². The SMILES string of the molecule is COc1cccc(-c2nccn2Cc2nc3ccccc3s2)c1OC. The Morgan fingerprint density at radius 2 is 1.92 bits per heavy atom. The zero-order valence-electron chi connectivity index (χ0n) is 14.0. The van der Waals surface area contributed by atoms with Crippen molar-refractivity contribution in [2.45, 2.75) is 6.54 Å². The predicted molar refractivity (Wildman–Crippen MR) is 99.5 cm³/mol. The fourth-order valence-corrected chi connectivity index (χ4v) is 3.84. The van der Waals surface area contributed by atoms with Gasteiger partial charge in [-0.3, -0.25) is 0 Å². The van der Waals surface area contributed by atoms with Gasteiger partial charge < -0.3 is 14.0 Å². The minimum Gasteiger partial charge on any atom is -0.493 e. The summed E-state index contributed by atoms with van der Waals surface area (Å²) in [5, 5.41) is 1.04. The summed E-state index contributed by atoms with van der Waals surface area (Å²) in [5.41, 5.74) is 1.93. The summed E-state index contributed by atoms with van der Waals surface area (Å²) >= 11 is 1.70. The van der Waals surface area contributed by atoms with E-state index in [2.05, 4.69) is 15.6 Å². The maximum atomic E-state index is 5.55. The zero-order valence-corrected chi connectivity index (χ0v) is 14.8. The average molecular weight is 351 g/mol. The van der Waals surface area contributed by atoms with E-state index in [1.54, 1.807) is 31.8 Å². The summed E-state index contributed by atoms with van der Waals surface area (Å²) in [7, 11) is 3.28. The molecule has 4 aromatic rings. The van der Waals surface area contributed by atoms with Crippen molar-refractivity contribution < 1.29 is 9.47 Å². The van der Waals surface area contributed by atoms with Crippen LogP contribution in [0.5, 0.6) is 11.5 Å². The van der Waals surface area contributed by atoms with Crippen molar-refractivity contribution >= 4 is 21.6 Å². The third-order valence-corrected chi connectivity index (χ3v) is 5.02. The number of hydrogen-bond acceptors (Lipinski definition) is 5. The third-order valence-electron chi connectivity index (χ3n) is 4.00. The second-order valence-corrected chi connectivity index (χ2v) is 6.61. The van der Waals surface area contributed by atoms with Gasteiger partial charge >= 0.3 is 0 Å². The summed E-state index contributed by atoms with van der Waals surface area (Å²) in [4.78, 5) is 9.24. The van der Waals surface area contributed by atoms with E-state index < -0.39 is 0 Å². The molecule has 6 heteroatoms. The van der Waals surface area contributed by atoms with Crippen LogP contribution in [-0.4, -0.2) is 28.8 Å². The summed E-state index contributed by atoms with van der Waals surface area (Å²) in [6, 6.07) is 14.0. The lowest BCUT2D eigenvalue weighted by Crippen LogP contribution is -2.02. The first-order chi connectivity index (χ1) is 12.3. The molecule has 0 bridgehead atoms. The molecule has 0 spiro atoms. The highest BCUT2D eigenvalue weighted by Gasteiger charge is 2.16. The molecule has 0 saturated heterocycles. The van der Waals surface area contributed by atoms with E-state index in [-0.39, 0.29) is 0 Å². The number of aromatic nitrogens is 3. The Bertz CT molecular complexity index is 989. The van der Waals surface area contributed by atoms with E-state index in [1.165, 1.54) is 4.70 Å². The van der Waals surface area contributed by atoms with Crippen LogP contribution in [-0.2, 0) is 6.54 Å². The molecule has 0 atom stereocenters. The van der Waals surface area contributed by atoms with E-state index in [0.717, 1.165) is 21.9 Å². The molecule has 126 valence electrons. The molecule has 0 aliphatic heterocycles. The number of hydrogen-bond donors (Lipinski definition) is 0. The molecule has 0 N–H and O–H groups in total. The van der Waals surface area contributed by atoms with E-state index in [4.69, 9.17) is 14.5 Å². The van der Waals surface area contributed by atoms with Gasteiger partial charge in [-0.05, 0) is 24.3 Å². The van der Waals surface area contributed by atoms with Gasteiger partial charge in [0.1, 0.15) is 10.8 Å². The van der Waals surface area contributed by atoms with Crippen molar-refractivity contribution in [2.75, 3.05) is 14.2 Å². The van der Waals surface area contributed by atoms with Crippen LogP contribution in [0.1, 0.15) is 5.01 Å². The first-order valence-electron chi connectivity index (χ1n) is 7.87. The fraction of sp³-hybridized carbons (Fsp3) is 0.158. The Labute approximate surface area is 149 Å². The van der Waals surface area contributed by atoms with Gasteiger partial charge in [0, 0.05) is 12.4 Å². The quantitative estimate of drug-likeness (QED) is 0.540. The first kappa shape index (κ1) is 15.7. The smallest absolute Gasteiger partial charge is 0.171 e. The standard InChI is InChI=1S/C19H17N3O2S/c1-23-15-8-5-6-13(18(15)24-2)19-20-10-11-22(19)12-17-21-14-7-3-4-9-16(14)25-17/h3-11H,12H2,1-2H3. The molecule has 0 unspecified atom stereocenters. The van der Waals surface area contributed by atoms with Gasteiger partial charge in [0.15, 0.2) is 11.5 Å². The van der Waals surface area contributed by atoms with Crippen molar-refractivity contribution in [2.24, 2.45) is 0 Å². The van der Waals surface area contributed by atoms with Crippen molar-refractivity contribution in [1.82, 2.24) is 14.5 Å². The van der Waals surface area contributed by atoms with Gasteiger partial charge in [-0.25, -0.2) is 9.97 Å². The van der Waals surface area contributed by atoms with Crippen molar-refractivity contribution in [3.8, 4) is 22.9 Å². The number of rotatable bonds is 5. The predicted octanol–water partition coefficient (Wildman–Crippen LogP) is 4.23. The molecule has 4 rings (SSSR count). The molecule has 2 aromatic heterocycles. The molecule has 5 nitrogen and oxygen atoms in total. The molecule has 25 heavy (non-hydrogen) atoms. The van der Waals surface area contributed by atoms with Crippen molar-refractivity contribution in [3.63, 3.8) is 0 Å². The molecule has 0 fully saturated rings. The minimum absolute atomic E-state index is 0.662. The van der Waals surface area contributed by atoms with Crippen LogP contribution >= 0.6 is 11.3 Å². The summed E-state index contributed by atoms with van der Waals surface area (Å²) in [5.74, 6) is 2.20. The van der Waals surface area contributed by atoms with Crippen molar-refractivity contribution in [3.05, 3.63) is 59.9 Å². The van der Waals surface area contributed by atoms with Crippen LogP contribution in [0, 0.1) is 0 Å². The van der Waals surface area contributed by atoms with E-state index >= 15 is 0 Å². The summed E-state index contributed by atoms with van der Waals surface area (Å²) < 4.78 is 14.2. The monoisotopic (exact) mass is 351 g/mol. The Kier molecular flexibility index (Phi) is 4.11. The van der Waals surface area contributed by atoms with Gasteiger partial charge in [0.25, 0.3) is 0 Å². The molecule has 2 heterocycles. The van der Waals surface area contributed by atoms with Crippen LogP contribution < -0.4 is 9.47 Å².